The fourth-order valence-electron chi connectivity index (χ4n) is 5.53. The SMILES string of the molecule is FC(F)(F)c1ccc2nc(-c3ccc(-c4cccc(CN5CCN(CCN6CCOCC6)CC5)c4)cc3)[nH]c2c1.O=C(O)C(F)(F)F. The maximum atomic E-state index is 13.1. The van der Waals surface area contributed by atoms with Crippen molar-refractivity contribution < 1.29 is 41.0 Å². The molecule has 252 valence electrons. The number of nitrogens with zero attached hydrogens (tertiary/aromatic N) is 4. The molecule has 0 atom stereocenters. The number of morpholine rings is 1. The van der Waals surface area contributed by atoms with E-state index in [1.807, 2.05) is 24.3 Å². The first-order chi connectivity index (χ1) is 22.3. The molecule has 2 N–H and O–H groups in total. The van der Waals surface area contributed by atoms with Crippen molar-refractivity contribution in [2.75, 3.05) is 65.6 Å². The number of nitrogens with one attached hydrogen (secondary N) is 1. The number of hydrogen-bond donors (Lipinski definition) is 2. The number of aromatic nitrogens is 2. The van der Waals surface area contributed by atoms with Crippen LogP contribution < -0.4 is 0 Å². The first kappa shape index (κ1) is 34.4. The number of fused-ring (bicyclic) bond motifs is 1. The van der Waals surface area contributed by atoms with Gasteiger partial charge < -0.3 is 14.8 Å². The molecule has 8 nitrogen and oxygen atoms in total. The summed E-state index contributed by atoms with van der Waals surface area (Å²) < 4.78 is 76.4. The summed E-state index contributed by atoms with van der Waals surface area (Å²) in [5.41, 5.74) is 4.56. The van der Waals surface area contributed by atoms with Crippen molar-refractivity contribution >= 4 is 17.0 Å². The summed E-state index contributed by atoms with van der Waals surface area (Å²) in [6.45, 7) is 11.3. The zero-order chi connectivity index (χ0) is 33.6. The van der Waals surface area contributed by atoms with Crippen LogP contribution in [0.2, 0.25) is 0 Å². The van der Waals surface area contributed by atoms with Gasteiger partial charge in [0.2, 0.25) is 0 Å². The van der Waals surface area contributed by atoms with Crippen molar-refractivity contribution in [3.8, 4) is 22.5 Å². The molecule has 3 aromatic carbocycles. The Morgan fingerprint density at radius 2 is 1.36 bits per heavy atom. The van der Waals surface area contributed by atoms with E-state index in [1.165, 1.54) is 11.6 Å². The molecule has 2 aliphatic rings. The van der Waals surface area contributed by atoms with E-state index in [2.05, 4.69) is 48.9 Å². The number of rotatable bonds is 7. The van der Waals surface area contributed by atoms with E-state index in [1.54, 1.807) is 0 Å². The lowest BCUT2D eigenvalue weighted by Gasteiger charge is -2.36. The molecule has 2 fully saturated rings. The number of ether oxygens (including phenoxy) is 1. The molecule has 2 aliphatic heterocycles. The summed E-state index contributed by atoms with van der Waals surface area (Å²) in [5, 5.41) is 7.12. The van der Waals surface area contributed by atoms with E-state index in [9.17, 15) is 26.3 Å². The van der Waals surface area contributed by atoms with Gasteiger partial charge in [0.25, 0.3) is 0 Å². The number of aromatic amines is 1. The monoisotopic (exact) mass is 663 g/mol. The first-order valence-corrected chi connectivity index (χ1v) is 15.2. The van der Waals surface area contributed by atoms with Gasteiger partial charge in [-0.15, -0.1) is 0 Å². The number of hydrogen-bond acceptors (Lipinski definition) is 6. The second-order valence-electron chi connectivity index (χ2n) is 11.5. The molecule has 0 radical (unpaired) electrons. The summed E-state index contributed by atoms with van der Waals surface area (Å²) >= 11 is 0. The van der Waals surface area contributed by atoms with Crippen LogP contribution in [-0.2, 0) is 22.3 Å². The Morgan fingerprint density at radius 3 is 1.98 bits per heavy atom. The molecule has 6 rings (SSSR count). The van der Waals surface area contributed by atoms with E-state index < -0.39 is 23.9 Å². The van der Waals surface area contributed by atoms with Crippen molar-refractivity contribution in [2.24, 2.45) is 0 Å². The van der Waals surface area contributed by atoms with Crippen LogP contribution in [0.1, 0.15) is 11.1 Å². The zero-order valence-corrected chi connectivity index (χ0v) is 25.4. The van der Waals surface area contributed by atoms with E-state index in [0.717, 1.165) is 101 Å². The van der Waals surface area contributed by atoms with Gasteiger partial charge in [-0.25, -0.2) is 9.78 Å². The van der Waals surface area contributed by atoms with Gasteiger partial charge >= 0.3 is 18.3 Å². The van der Waals surface area contributed by atoms with Gasteiger partial charge in [-0.1, -0.05) is 42.5 Å². The minimum absolute atomic E-state index is 0.375. The van der Waals surface area contributed by atoms with Gasteiger partial charge in [0.05, 0.1) is 29.8 Å². The molecule has 47 heavy (non-hydrogen) atoms. The number of piperazine rings is 1. The van der Waals surface area contributed by atoms with Gasteiger partial charge in [-0.2, -0.15) is 26.3 Å². The maximum Gasteiger partial charge on any atom is 0.490 e. The lowest BCUT2D eigenvalue weighted by molar-refractivity contribution is -0.192. The quantitative estimate of drug-likeness (QED) is 0.235. The fourth-order valence-corrected chi connectivity index (χ4v) is 5.53. The molecular formula is C33H35F6N5O3. The van der Waals surface area contributed by atoms with Crippen molar-refractivity contribution in [1.82, 2.24) is 24.7 Å². The number of carboxylic acid groups (broad SMARTS) is 1. The predicted octanol–water partition coefficient (Wildman–Crippen LogP) is 6.00. The van der Waals surface area contributed by atoms with Crippen LogP contribution in [0.4, 0.5) is 26.3 Å². The number of carbonyl (C=O) groups is 1. The van der Waals surface area contributed by atoms with E-state index in [4.69, 9.17) is 14.6 Å². The minimum atomic E-state index is -5.08. The highest BCUT2D eigenvalue weighted by atomic mass is 19.4. The van der Waals surface area contributed by atoms with Crippen LogP contribution in [0.3, 0.4) is 0 Å². The van der Waals surface area contributed by atoms with Crippen molar-refractivity contribution in [3.63, 3.8) is 0 Å². The van der Waals surface area contributed by atoms with E-state index in [0.29, 0.717) is 16.9 Å². The molecule has 0 amide bonds. The summed E-state index contributed by atoms with van der Waals surface area (Å²) in [6, 6.07) is 20.2. The van der Waals surface area contributed by atoms with E-state index in [-0.39, 0.29) is 0 Å². The number of imidazole rings is 1. The molecule has 0 spiro atoms. The minimum Gasteiger partial charge on any atom is -0.475 e. The Bertz CT molecular complexity index is 1630. The van der Waals surface area contributed by atoms with Crippen LogP contribution in [0.15, 0.2) is 66.7 Å². The molecule has 14 heteroatoms. The highest BCUT2D eigenvalue weighted by Crippen LogP contribution is 2.32. The van der Waals surface area contributed by atoms with Crippen molar-refractivity contribution in [3.05, 3.63) is 77.9 Å². The third kappa shape index (κ3) is 9.53. The molecule has 4 aromatic rings. The Hall–Kier alpha value is -3.98. The van der Waals surface area contributed by atoms with Crippen LogP contribution >= 0.6 is 0 Å². The average Bonchev–Trinajstić information content (AvgIpc) is 3.48. The third-order valence-corrected chi connectivity index (χ3v) is 8.18. The first-order valence-electron chi connectivity index (χ1n) is 15.2. The topological polar surface area (TPSA) is 84.9 Å². The highest BCUT2D eigenvalue weighted by molar-refractivity contribution is 5.80. The number of H-pyrrole nitrogens is 1. The molecule has 0 aliphatic carbocycles. The van der Waals surface area contributed by atoms with E-state index >= 15 is 0 Å². The normalized spacial score (nSPS) is 17.0. The van der Waals surface area contributed by atoms with Crippen LogP contribution in [-0.4, -0.2) is 107 Å². The Morgan fingerprint density at radius 1 is 0.766 bits per heavy atom. The van der Waals surface area contributed by atoms with Gasteiger partial charge in [0.15, 0.2) is 0 Å². The lowest BCUT2D eigenvalue weighted by atomic mass is 10.0. The number of aliphatic carboxylic acids is 1. The molecule has 3 heterocycles. The summed E-state index contributed by atoms with van der Waals surface area (Å²) in [5.74, 6) is -2.20. The van der Waals surface area contributed by atoms with Crippen LogP contribution in [0.5, 0.6) is 0 Å². The Balaban J connectivity index is 0.000000559. The average molecular weight is 664 g/mol. The van der Waals surface area contributed by atoms with Crippen LogP contribution in [0, 0.1) is 0 Å². The summed E-state index contributed by atoms with van der Waals surface area (Å²) in [6.07, 6.45) is -9.47. The smallest absolute Gasteiger partial charge is 0.475 e. The number of benzene rings is 3. The van der Waals surface area contributed by atoms with Crippen molar-refractivity contribution in [1.29, 1.82) is 0 Å². The van der Waals surface area contributed by atoms with Crippen LogP contribution in [0.25, 0.3) is 33.5 Å². The second-order valence-corrected chi connectivity index (χ2v) is 11.5. The van der Waals surface area contributed by atoms with Gasteiger partial charge in [0.1, 0.15) is 5.82 Å². The Kier molecular flexibility index (Phi) is 10.8. The molecule has 0 bridgehead atoms. The Labute approximate surface area is 267 Å². The number of alkyl halides is 6. The third-order valence-electron chi connectivity index (χ3n) is 8.18. The van der Waals surface area contributed by atoms with Gasteiger partial charge in [0, 0.05) is 64.5 Å². The second kappa shape index (κ2) is 14.8. The van der Waals surface area contributed by atoms with Gasteiger partial charge in [-0.3, -0.25) is 14.7 Å². The highest BCUT2D eigenvalue weighted by Gasteiger charge is 2.38. The number of carboxylic acids is 1. The summed E-state index contributed by atoms with van der Waals surface area (Å²) in [7, 11) is 0. The zero-order valence-electron chi connectivity index (χ0n) is 25.4. The molecule has 0 unspecified atom stereocenters. The largest absolute Gasteiger partial charge is 0.490 e. The summed E-state index contributed by atoms with van der Waals surface area (Å²) in [4.78, 5) is 24.0. The molecule has 2 saturated heterocycles. The standard InChI is InChI=1S/C31H34F3N5O.C2HF3O2/c32-31(33,34)27-8-9-28-29(21-27)36-30(35-28)25-6-4-24(5-7-25)26-3-1-2-23(20-26)22-39-14-12-37(13-15-39)10-11-38-16-18-40-19-17-38;3-2(4,5)1(6)7/h1-9,20-21H,10-19,22H2,(H,35,36);(H,6,7). The maximum absolute atomic E-state index is 13.1. The molecular weight excluding hydrogens is 628 g/mol. The lowest BCUT2D eigenvalue weighted by Crippen LogP contribution is -2.49. The van der Waals surface area contributed by atoms with Crippen molar-refractivity contribution in [2.45, 2.75) is 18.9 Å². The molecule has 0 saturated carbocycles. The van der Waals surface area contributed by atoms with Gasteiger partial charge in [-0.05, 0) is 41.0 Å². The number of halogens is 6. The molecule has 1 aromatic heterocycles. The predicted molar refractivity (Wildman–Crippen MR) is 165 cm³/mol. The fraction of sp³-hybridized carbons (Fsp3) is 0.394.